The summed E-state index contributed by atoms with van der Waals surface area (Å²) in [5.41, 5.74) is 1.97. The second kappa shape index (κ2) is 10.2. The van der Waals surface area contributed by atoms with Gasteiger partial charge < -0.3 is 10.1 Å². The zero-order valence-corrected chi connectivity index (χ0v) is 17.4. The molecule has 1 aromatic heterocycles. The van der Waals surface area contributed by atoms with Gasteiger partial charge in [-0.3, -0.25) is 9.69 Å². The molecule has 29 heavy (non-hydrogen) atoms. The van der Waals surface area contributed by atoms with Crippen LogP contribution in [0.5, 0.6) is 5.75 Å². The maximum absolute atomic E-state index is 13.3. The zero-order valence-electron chi connectivity index (χ0n) is 16.6. The lowest BCUT2D eigenvalue weighted by atomic mass is 10.1. The fraction of sp³-hybridized carbons (Fsp3) is 0.261. The van der Waals surface area contributed by atoms with E-state index in [0.717, 1.165) is 21.8 Å². The van der Waals surface area contributed by atoms with Crippen LogP contribution in [0.25, 0.3) is 0 Å². The molecule has 0 saturated heterocycles. The van der Waals surface area contributed by atoms with E-state index in [1.54, 1.807) is 23.5 Å². The topological polar surface area (TPSA) is 41.6 Å². The van der Waals surface area contributed by atoms with E-state index in [4.69, 9.17) is 4.74 Å². The number of carbonyl (C=O) groups excluding carboxylic acids is 1. The highest BCUT2D eigenvalue weighted by Crippen LogP contribution is 2.26. The van der Waals surface area contributed by atoms with E-state index >= 15 is 0 Å². The van der Waals surface area contributed by atoms with Gasteiger partial charge >= 0.3 is 0 Å². The fourth-order valence-corrected chi connectivity index (χ4v) is 3.91. The Labute approximate surface area is 174 Å². The predicted octanol–water partition coefficient (Wildman–Crippen LogP) is 4.62. The summed E-state index contributed by atoms with van der Waals surface area (Å²) in [6, 6.07) is 17.8. The predicted molar refractivity (Wildman–Crippen MR) is 115 cm³/mol. The van der Waals surface area contributed by atoms with Crippen molar-refractivity contribution in [3.05, 3.63) is 87.9 Å². The summed E-state index contributed by atoms with van der Waals surface area (Å²) in [4.78, 5) is 15.7. The molecule has 3 rings (SSSR count). The minimum atomic E-state index is -0.292. The number of ether oxygens (including phenoxy) is 1. The molecular weight excluding hydrogens is 387 g/mol. The average molecular weight is 413 g/mol. The highest BCUT2D eigenvalue weighted by molar-refractivity contribution is 7.10. The number of amides is 1. The van der Waals surface area contributed by atoms with Crippen molar-refractivity contribution in [1.82, 2.24) is 10.2 Å². The van der Waals surface area contributed by atoms with Gasteiger partial charge in [0.2, 0.25) is 5.91 Å². The molecule has 1 heterocycles. The van der Waals surface area contributed by atoms with Gasteiger partial charge in [-0.05, 0) is 60.8 Å². The van der Waals surface area contributed by atoms with Crippen molar-refractivity contribution in [1.29, 1.82) is 0 Å². The molecule has 0 aliphatic heterocycles. The molecule has 3 aromatic rings. The Bertz CT molecular complexity index is 896. The van der Waals surface area contributed by atoms with Crippen LogP contribution in [0.2, 0.25) is 0 Å². The lowest BCUT2D eigenvalue weighted by Gasteiger charge is -2.21. The fourth-order valence-electron chi connectivity index (χ4n) is 3.11. The standard InChI is InChI=1S/C23H25FN2O2S/c1-3-28-20-12-6-17(7-13-20)15-26(2)16-22(27)25-23(21-5-4-14-29-21)18-8-10-19(24)11-9-18/h4-14,23H,3,15-16H2,1-2H3,(H,25,27)/t23-/m1/s1. The van der Waals surface area contributed by atoms with Gasteiger partial charge in [-0.2, -0.15) is 0 Å². The van der Waals surface area contributed by atoms with Gasteiger partial charge in [-0.25, -0.2) is 4.39 Å². The number of likely N-dealkylation sites (N-methyl/N-ethyl adjacent to an activating group) is 1. The molecule has 6 heteroatoms. The number of rotatable bonds is 9. The summed E-state index contributed by atoms with van der Waals surface area (Å²) < 4.78 is 18.8. The largest absolute Gasteiger partial charge is 0.494 e. The van der Waals surface area contributed by atoms with E-state index < -0.39 is 0 Å². The molecule has 152 valence electrons. The van der Waals surface area contributed by atoms with Crippen LogP contribution in [0.1, 0.15) is 29.0 Å². The van der Waals surface area contributed by atoms with Crippen LogP contribution >= 0.6 is 11.3 Å². The van der Waals surface area contributed by atoms with Crippen LogP contribution in [-0.4, -0.2) is 31.0 Å². The van der Waals surface area contributed by atoms with Crippen molar-refractivity contribution in [2.45, 2.75) is 19.5 Å². The molecule has 0 unspecified atom stereocenters. The third-order valence-corrected chi connectivity index (χ3v) is 5.37. The van der Waals surface area contributed by atoms with Gasteiger partial charge in [-0.15, -0.1) is 11.3 Å². The van der Waals surface area contributed by atoms with E-state index in [2.05, 4.69) is 5.32 Å². The number of carbonyl (C=O) groups is 1. The van der Waals surface area contributed by atoms with E-state index in [9.17, 15) is 9.18 Å². The van der Waals surface area contributed by atoms with Crippen molar-refractivity contribution in [3.63, 3.8) is 0 Å². The van der Waals surface area contributed by atoms with E-state index in [0.29, 0.717) is 13.2 Å². The van der Waals surface area contributed by atoms with Crippen LogP contribution < -0.4 is 10.1 Å². The van der Waals surface area contributed by atoms with Gasteiger partial charge in [-0.1, -0.05) is 30.3 Å². The molecule has 1 amide bonds. The monoisotopic (exact) mass is 412 g/mol. The lowest BCUT2D eigenvalue weighted by Crippen LogP contribution is -2.37. The second-order valence-electron chi connectivity index (χ2n) is 6.82. The first kappa shape index (κ1) is 21.0. The molecule has 0 aliphatic rings. The van der Waals surface area contributed by atoms with Gasteiger partial charge in [0, 0.05) is 11.4 Å². The molecule has 0 saturated carbocycles. The molecular formula is C23H25FN2O2S. The first-order chi connectivity index (χ1) is 14.0. The van der Waals surface area contributed by atoms with E-state index in [-0.39, 0.29) is 24.3 Å². The van der Waals surface area contributed by atoms with Crippen LogP contribution in [0.15, 0.2) is 66.0 Å². The van der Waals surface area contributed by atoms with Gasteiger partial charge in [0.25, 0.3) is 0 Å². The number of nitrogens with zero attached hydrogens (tertiary/aromatic N) is 1. The van der Waals surface area contributed by atoms with Crippen molar-refractivity contribution >= 4 is 17.2 Å². The first-order valence-corrected chi connectivity index (χ1v) is 10.4. The molecule has 1 N–H and O–H groups in total. The van der Waals surface area contributed by atoms with Crippen molar-refractivity contribution < 1.29 is 13.9 Å². The molecule has 1 atom stereocenters. The number of benzene rings is 2. The number of thiophene rings is 1. The minimum absolute atomic E-state index is 0.0823. The normalized spacial score (nSPS) is 12.0. The summed E-state index contributed by atoms with van der Waals surface area (Å²) >= 11 is 1.56. The van der Waals surface area contributed by atoms with Crippen LogP contribution in [0, 0.1) is 5.82 Å². The Morgan fingerprint density at radius 2 is 1.86 bits per heavy atom. The van der Waals surface area contributed by atoms with Crippen LogP contribution in [0.3, 0.4) is 0 Å². The number of hydrogen-bond donors (Lipinski definition) is 1. The zero-order chi connectivity index (χ0) is 20.6. The van der Waals surface area contributed by atoms with Crippen molar-refractivity contribution in [2.75, 3.05) is 20.2 Å². The Hall–Kier alpha value is -2.70. The summed E-state index contributed by atoms with van der Waals surface area (Å²) in [6.45, 7) is 3.50. The summed E-state index contributed by atoms with van der Waals surface area (Å²) in [5, 5.41) is 5.05. The van der Waals surface area contributed by atoms with Crippen molar-refractivity contribution in [2.24, 2.45) is 0 Å². The first-order valence-electron chi connectivity index (χ1n) is 9.53. The summed E-state index contributed by atoms with van der Waals surface area (Å²) in [6.07, 6.45) is 0. The molecule has 2 aromatic carbocycles. The summed E-state index contributed by atoms with van der Waals surface area (Å²) in [5.74, 6) is 0.469. The Balaban J connectivity index is 1.61. The maximum Gasteiger partial charge on any atom is 0.234 e. The number of halogens is 1. The van der Waals surface area contributed by atoms with E-state index in [1.807, 2.05) is 60.6 Å². The third kappa shape index (κ3) is 6.14. The quantitative estimate of drug-likeness (QED) is 0.557. The summed E-state index contributed by atoms with van der Waals surface area (Å²) in [7, 11) is 1.91. The van der Waals surface area contributed by atoms with E-state index in [1.165, 1.54) is 12.1 Å². The van der Waals surface area contributed by atoms with Gasteiger partial charge in [0.1, 0.15) is 11.6 Å². The highest BCUT2D eigenvalue weighted by atomic mass is 32.1. The molecule has 0 spiro atoms. The molecule has 0 bridgehead atoms. The van der Waals surface area contributed by atoms with Gasteiger partial charge in [0.15, 0.2) is 0 Å². The lowest BCUT2D eigenvalue weighted by molar-refractivity contribution is -0.122. The second-order valence-corrected chi connectivity index (χ2v) is 7.80. The smallest absolute Gasteiger partial charge is 0.234 e. The Morgan fingerprint density at radius 1 is 1.14 bits per heavy atom. The van der Waals surface area contributed by atoms with Crippen LogP contribution in [0.4, 0.5) is 4.39 Å². The number of hydrogen-bond acceptors (Lipinski definition) is 4. The molecule has 4 nitrogen and oxygen atoms in total. The molecule has 0 fully saturated rings. The Kier molecular flexibility index (Phi) is 7.38. The van der Waals surface area contributed by atoms with Crippen LogP contribution in [-0.2, 0) is 11.3 Å². The third-order valence-electron chi connectivity index (χ3n) is 4.44. The maximum atomic E-state index is 13.3. The minimum Gasteiger partial charge on any atom is -0.494 e. The van der Waals surface area contributed by atoms with Crippen molar-refractivity contribution in [3.8, 4) is 5.75 Å². The molecule has 0 radical (unpaired) electrons. The molecule has 0 aliphatic carbocycles. The SMILES string of the molecule is CCOc1ccc(CN(C)CC(=O)N[C@H](c2ccc(F)cc2)c2cccs2)cc1. The Morgan fingerprint density at radius 3 is 2.48 bits per heavy atom. The number of nitrogens with one attached hydrogen (secondary N) is 1. The van der Waals surface area contributed by atoms with Gasteiger partial charge in [0.05, 0.1) is 19.2 Å². The highest BCUT2D eigenvalue weighted by Gasteiger charge is 2.19. The average Bonchev–Trinajstić information content (AvgIpc) is 3.23.